The highest BCUT2D eigenvalue weighted by Crippen LogP contribution is 2.30. The first-order valence-electron chi connectivity index (χ1n) is 6.82. The van der Waals surface area contributed by atoms with Gasteiger partial charge in [0, 0.05) is 9.92 Å². The van der Waals surface area contributed by atoms with Crippen LogP contribution in [0, 0.1) is 0 Å². The van der Waals surface area contributed by atoms with Gasteiger partial charge in [-0.15, -0.1) is 16.9 Å². The molecule has 1 amide bonds. The lowest BCUT2D eigenvalue weighted by Crippen LogP contribution is -2.12. The summed E-state index contributed by atoms with van der Waals surface area (Å²) in [7, 11) is 0. The quantitative estimate of drug-likeness (QED) is 0.644. The van der Waals surface area contributed by atoms with Crippen LogP contribution in [0.4, 0.5) is 6.01 Å². The average molecular weight is 380 g/mol. The SMILES string of the molecule is CSc1ccccc1-c1nnc(NC(=O)c2cc(Cl)ccc2Cl)o1. The number of anilines is 1. The van der Waals surface area contributed by atoms with Gasteiger partial charge in [0.2, 0.25) is 0 Å². The predicted octanol–water partition coefficient (Wildman–Crippen LogP) is 5.02. The van der Waals surface area contributed by atoms with E-state index in [4.69, 9.17) is 27.6 Å². The van der Waals surface area contributed by atoms with Crippen molar-refractivity contribution < 1.29 is 9.21 Å². The maximum absolute atomic E-state index is 12.3. The molecule has 1 N–H and O–H groups in total. The van der Waals surface area contributed by atoms with E-state index >= 15 is 0 Å². The van der Waals surface area contributed by atoms with Crippen LogP contribution in [0.3, 0.4) is 0 Å². The third-order valence-corrected chi connectivity index (χ3v) is 4.52. The fourth-order valence-electron chi connectivity index (χ4n) is 2.04. The minimum Gasteiger partial charge on any atom is -0.403 e. The highest BCUT2D eigenvalue weighted by Gasteiger charge is 2.16. The Balaban J connectivity index is 1.84. The average Bonchev–Trinajstić information content (AvgIpc) is 3.05. The minimum absolute atomic E-state index is 0.0121. The van der Waals surface area contributed by atoms with Crippen molar-refractivity contribution in [3.63, 3.8) is 0 Å². The first kappa shape index (κ1) is 16.8. The molecule has 0 unspecified atom stereocenters. The second-order valence-corrected chi connectivity index (χ2v) is 6.38. The molecule has 0 aliphatic carbocycles. The molecule has 122 valence electrons. The first-order chi connectivity index (χ1) is 11.6. The van der Waals surface area contributed by atoms with Gasteiger partial charge in [-0.3, -0.25) is 10.1 Å². The number of hydrogen-bond donors (Lipinski definition) is 1. The molecule has 0 saturated heterocycles. The maximum atomic E-state index is 12.3. The number of carbonyl (C=O) groups excluding carboxylic acids is 1. The number of thioether (sulfide) groups is 1. The van der Waals surface area contributed by atoms with Crippen molar-refractivity contribution in [1.82, 2.24) is 10.2 Å². The lowest BCUT2D eigenvalue weighted by Gasteiger charge is -2.04. The van der Waals surface area contributed by atoms with Crippen LogP contribution in [0.15, 0.2) is 51.8 Å². The summed E-state index contributed by atoms with van der Waals surface area (Å²) < 4.78 is 5.53. The van der Waals surface area contributed by atoms with Crippen molar-refractivity contribution in [3.05, 3.63) is 58.1 Å². The third kappa shape index (κ3) is 3.56. The van der Waals surface area contributed by atoms with E-state index in [9.17, 15) is 4.79 Å². The molecular formula is C16H11Cl2N3O2S. The standard InChI is InChI=1S/C16H11Cl2N3O2S/c1-24-13-5-3-2-4-10(13)15-20-21-16(23-15)19-14(22)11-8-9(17)6-7-12(11)18/h2-8H,1H3,(H,19,21,22). The number of rotatable bonds is 4. The Bertz CT molecular complexity index is 899. The molecule has 8 heteroatoms. The van der Waals surface area contributed by atoms with Crippen LogP contribution in [0.1, 0.15) is 10.4 Å². The minimum atomic E-state index is -0.476. The molecule has 0 saturated carbocycles. The molecule has 0 aliphatic rings. The zero-order valence-corrected chi connectivity index (χ0v) is 14.7. The van der Waals surface area contributed by atoms with Crippen molar-refractivity contribution in [3.8, 4) is 11.5 Å². The first-order valence-corrected chi connectivity index (χ1v) is 8.80. The summed E-state index contributed by atoms with van der Waals surface area (Å²) in [6.45, 7) is 0. The number of nitrogens with one attached hydrogen (secondary N) is 1. The van der Waals surface area contributed by atoms with E-state index in [0.717, 1.165) is 10.5 Å². The Hall–Kier alpha value is -2.02. The van der Waals surface area contributed by atoms with E-state index in [-0.39, 0.29) is 16.6 Å². The Kier molecular flexibility index (Phi) is 5.08. The fourth-order valence-corrected chi connectivity index (χ4v) is 3.01. The van der Waals surface area contributed by atoms with Crippen LogP contribution in [0.2, 0.25) is 10.0 Å². The van der Waals surface area contributed by atoms with Gasteiger partial charge in [0.15, 0.2) is 0 Å². The van der Waals surface area contributed by atoms with E-state index in [0.29, 0.717) is 10.9 Å². The molecule has 3 aromatic rings. The highest BCUT2D eigenvalue weighted by atomic mass is 35.5. The van der Waals surface area contributed by atoms with Crippen LogP contribution < -0.4 is 5.32 Å². The summed E-state index contributed by atoms with van der Waals surface area (Å²) in [4.78, 5) is 13.3. The number of amides is 1. The van der Waals surface area contributed by atoms with Crippen LogP contribution in [0.5, 0.6) is 0 Å². The molecule has 1 aromatic heterocycles. The summed E-state index contributed by atoms with van der Waals surface area (Å²) in [5, 5.41) is 11.0. The number of carbonyl (C=O) groups is 1. The molecule has 0 atom stereocenters. The predicted molar refractivity (Wildman–Crippen MR) is 95.9 cm³/mol. The number of aromatic nitrogens is 2. The molecule has 1 heterocycles. The monoisotopic (exact) mass is 379 g/mol. The van der Waals surface area contributed by atoms with Crippen LogP contribution in [-0.4, -0.2) is 22.4 Å². The summed E-state index contributed by atoms with van der Waals surface area (Å²) in [6.07, 6.45) is 1.96. The molecule has 0 spiro atoms. The summed E-state index contributed by atoms with van der Waals surface area (Å²) in [5.41, 5.74) is 1.03. The van der Waals surface area contributed by atoms with Crippen LogP contribution in [0.25, 0.3) is 11.5 Å². The zero-order valence-electron chi connectivity index (χ0n) is 12.4. The molecule has 2 aromatic carbocycles. The van der Waals surface area contributed by atoms with Gasteiger partial charge in [-0.05, 0) is 36.6 Å². The summed E-state index contributed by atoms with van der Waals surface area (Å²) >= 11 is 13.5. The molecule has 0 radical (unpaired) electrons. The van der Waals surface area contributed by atoms with Gasteiger partial charge in [0.25, 0.3) is 11.8 Å². The van der Waals surface area contributed by atoms with E-state index in [1.54, 1.807) is 23.9 Å². The lowest BCUT2D eigenvalue weighted by molar-refractivity contribution is 0.102. The Morgan fingerprint density at radius 3 is 2.75 bits per heavy atom. The van der Waals surface area contributed by atoms with E-state index in [2.05, 4.69) is 15.5 Å². The molecule has 0 aliphatic heterocycles. The lowest BCUT2D eigenvalue weighted by atomic mass is 10.2. The van der Waals surface area contributed by atoms with Crippen LogP contribution in [-0.2, 0) is 0 Å². The Morgan fingerprint density at radius 1 is 1.17 bits per heavy atom. The van der Waals surface area contributed by atoms with Gasteiger partial charge in [-0.25, -0.2) is 0 Å². The molecule has 0 bridgehead atoms. The maximum Gasteiger partial charge on any atom is 0.322 e. The van der Waals surface area contributed by atoms with Crippen molar-refractivity contribution in [2.45, 2.75) is 4.90 Å². The van der Waals surface area contributed by atoms with Gasteiger partial charge < -0.3 is 4.42 Å². The summed E-state index contributed by atoms with van der Waals surface area (Å²) in [6, 6.07) is 12.2. The van der Waals surface area contributed by atoms with Crippen molar-refractivity contribution in [1.29, 1.82) is 0 Å². The molecule has 3 rings (SSSR count). The smallest absolute Gasteiger partial charge is 0.322 e. The number of nitrogens with zero attached hydrogens (tertiary/aromatic N) is 2. The van der Waals surface area contributed by atoms with Crippen molar-refractivity contribution in [2.24, 2.45) is 0 Å². The van der Waals surface area contributed by atoms with Crippen LogP contribution >= 0.6 is 35.0 Å². The third-order valence-electron chi connectivity index (χ3n) is 3.16. The molecule has 5 nitrogen and oxygen atoms in total. The Labute approximate surface area is 152 Å². The van der Waals surface area contributed by atoms with E-state index in [1.165, 1.54) is 6.07 Å². The van der Waals surface area contributed by atoms with Crippen molar-refractivity contribution in [2.75, 3.05) is 11.6 Å². The second kappa shape index (κ2) is 7.25. The normalized spacial score (nSPS) is 10.6. The van der Waals surface area contributed by atoms with E-state index < -0.39 is 5.91 Å². The van der Waals surface area contributed by atoms with E-state index in [1.807, 2.05) is 30.5 Å². The van der Waals surface area contributed by atoms with Gasteiger partial charge in [-0.1, -0.05) is 40.4 Å². The zero-order chi connectivity index (χ0) is 17.1. The fraction of sp³-hybridized carbons (Fsp3) is 0.0625. The second-order valence-electron chi connectivity index (χ2n) is 4.69. The molecule has 0 fully saturated rings. The topological polar surface area (TPSA) is 68.0 Å². The number of benzene rings is 2. The number of hydrogen-bond acceptors (Lipinski definition) is 5. The largest absolute Gasteiger partial charge is 0.403 e. The van der Waals surface area contributed by atoms with Gasteiger partial charge >= 0.3 is 6.01 Å². The Morgan fingerprint density at radius 2 is 1.96 bits per heavy atom. The summed E-state index contributed by atoms with van der Waals surface area (Å²) in [5.74, 6) is -0.150. The molecular weight excluding hydrogens is 369 g/mol. The molecule has 24 heavy (non-hydrogen) atoms. The number of halogens is 2. The van der Waals surface area contributed by atoms with Gasteiger partial charge in [0.1, 0.15) is 0 Å². The van der Waals surface area contributed by atoms with Crippen molar-refractivity contribution >= 4 is 46.9 Å². The highest BCUT2D eigenvalue weighted by molar-refractivity contribution is 7.98. The van der Waals surface area contributed by atoms with Gasteiger partial charge in [-0.2, -0.15) is 0 Å². The van der Waals surface area contributed by atoms with Gasteiger partial charge in [0.05, 0.1) is 16.1 Å².